The van der Waals surface area contributed by atoms with Crippen LogP contribution in [0.2, 0.25) is 5.02 Å². The summed E-state index contributed by atoms with van der Waals surface area (Å²) in [6.07, 6.45) is 1.65. The highest BCUT2D eigenvalue weighted by Crippen LogP contribution is 2.27. The van der Waals surface area contributed by atoms with Gasteiger partial charge in [0.05, 0.1) is 10.7 Å². The molecule has 100 valence electrons. The van der Waals surface area contributed by atoms with Gasteiger partial charge in [0, 0.05) is 11.8 Å². The number of halogens is 1. The lowest BCUT2D eigenvalue weighted by Crippen LogP contribution is -1.91. The normalized spacial score (nSPS) is 10.7. The summed E-state index contributed by atoms with van der Waals surface area (Å²) in [5.41, 5.74) is 7.47. The quantitative estimate of drug-likeness (QED) is 0.729. The third kappa shape index (κ3) is 2.33. The van der Waals surface area contributed by atoms with E-state index in [0.717, 1.165) is 0 Å². The lowest BCUT2D eigenvalue weighted by atomic mass is 10.2. The smallest absolute Gasteiger partial charge is 0.258 e. The van der Waals surface area contributed by atoms with Gasteiger partial charge in [-0.25, -0.2) is 9.97 Å². The molecular formula is C13H10ClN5O. The zero-order chi connectivity index (χ0) is 14.1. The molecule has 0 atom stereocenters. The third-order valence-corrected chi connectivity index (χ3v) is 3.01. The minimum atomic E-state index is 0.359. The number of nitrogens with two attached hydrogens (primary N) is 1. The summed E-state index contributed by atoms with van der Waals surface area (Å²) in [7, 11) is 0. The molecule has 0 unspecified atom stereocenters. The highest BCUT2D eigenvalue weighted by atomic mass is 35.5. The van der Waals surface area contributed by atoms with Crippen molar-refractivity contribution < 1.29 is 4.52 Å². The van der Waals surface area contributed by atoms with Crippen molar-refractivity contribution in [2.75, 3.05) is 5.73 Å². The van der Waals surface area contributed by atoms with Crippen LogP contribution in [0.1, 0.15) is 5.82 Å². The minimum Gasteiger partial charge on any atom is -0.398 e. The Kier molecular flexibility index (Phi) is 3.08. The van der Waals surface area contributed by atoms with Gasteiger partial charge in [-0.1, -0.05) is 16.8 Å². The fraction of sp³-hybridized carbons (Fsp3) is 0.0769. The molecule has 20 heavy (non-hydrogen) atoms. The topological polar surface area (TPSA) is 90.7 Å². The summed E-state index contributed by atoms with van der Waals surface area (Å²) in [5.74, 6) is 1.40. The van der Waals surface area contributed by atoms with Crippen molar-refractivity contribution in [3.63, 3.8) is 0 Å². The van der Waals surface area contributed by atoms with E-state index in [1.807, 2.05) is 0 Å². The molecule has 6 nitrogen and oxygen atoms in total. The molecule has 0 aliphatic heterocycles. The number of rotatable bonds is 2. The number of aryl methyl sites for hydroxylation is 1. The maximum Gasteiger partial charge on any atom is 0.258 e. The monoisotopic (exact) mass is 287 g/mol. The second-order valence-electron chi connectivity index (χ2n) is 4.15. The molecule has 0 amide bonds. The number of nitrogens with zero attached hydrogens (tertiary/aromatic N) is 4. The van der Waals surface area contributed by atoms with Gasteiger partial charge in [0.1, 0.15) is 11.5 Å². The first-order chi connectivity index (χ1) is 9.63. The number of hydrogen-bond acceptors (Lipinski definition) is 6. The van der Waals surface area contributed by atoms with Gasteiger partial charge in [-0.3, -0.25) is 0 Å². The molecule has 2 heterocycles. The molecule has 0 saturated carbocycles. The van der Waals surface area contributed by atoms with E-state index in [1.54, 1.807) is 37.4 Å². The van der Waals surface area contributed by atoms with Crippen LogP contribution >= 0.6 is 11.6 Å². The average Bonchev–Trinajstić information content (AvgIpc) is 2.92. The Labute approximate surface area is 119 Å². The van der Waals surface area contributed by atoms with E-state index in [9.17, 15) is 0 Å². The van der Waals surface area contributed by atoms with Gasteiger partial charge in [0.15, 0.2) is 0 Å². The highest BCUT2D eigenvalue weighted by Gasteiger charge is 2.12. The summed E-state index contributed by atoms with van der Waals surface area (Å²) >= 11 is 5.97. The number of nitrogen functional groups attached to an aromatic ring is 1. The summed E-state index contributed by atoms with van der Waals surface area (Å²) in [6, 6.07) is 6.86. The van der Waals surface area contributed by atoms with E-state index in [4.69, 9.17) is 21.9 Å². The number of anilines is 1. The molecule has 2 aromatic heterocycles. The predicted molar refractivity (Wildman–Crippen MR) is 74.9 cm³/mol. The predicted octanol–water partition coefficient (Wildman–Crippen LogP) is 2.74. The van der Waals surface area contributed by atoms with Crippen molar-refractivity contribution >= 4 is 17.3 Å². The zero-order valence-corrected chi connectivity index (χ0v) is 11.3. The summed E-state index contributed by atoms with van der Waals surface area (Å²) in [5, 5.41) is 4.35. The molecular weight excluding hydrogens is 278 g/mol. The van der Waals surface area contributed by atoms with Gasteiger partial charge in [0.25, 0.3) is 5.89 Å². The van der Waals surface area contributed by atoms with Crippen LogP contribution in [0.25, 0.3) is 23.0 Å². The first-order valence-corrected chi connectivity index (χ1v) is 6.20. The summed E-state index contributed by atoms with van der Waals surface area (Å²) in [6.45, 7) is 1.80. The molecule has 0 saturated heterocycles. The van der Waals surface area contributed by atoms with Crippen LogP contribution in [0.4, 0.5) is 5.69 Å². The first kappa shape index (κ1) is 12.6. The highest BCUT2D eigenvalue weighted by molar-refractivity contribution is 6.33. The van der Waals surface area contributed by atoms with E-state index in [0.29, 0.717) is 39.5 Å². The van der Waals surface area contributed by atoms with Gasteiger partial charge >= 0.3 is 0 Å². The van der Waals surface area contributed by atoms with Gasteiger partial charge in [0.2, 0.25) is 5.82 Å². The lowest BCUT2D eigenvalue weighted by Gasteiger charge is -1.98. The van der Waals surface area contributed by atoms with Crippen molar-refractivity contribution in [3.05, 3.63) is 41.3 Å². The van der Waals surface area contributed by atoms with Crippen molar-refractivity contribution in [1.29, 1.82) is 0 Å². The van der Waals surface area contributed by atoms with E-state index < -0.39 is 0 Å². The molecule has 3 rings (SSSR count). The molecule has 7 heteroatoms. The SMILES string of the molecule is Cc1nccc(-c2noc(-c3ccc(N)c(Cl)c3)n2)n1. The molecule has 0 aliphatic carbocycles. The number of aromatic nitrogens is 4. The molecule has 0 fully saturated rings. The van der Waals surface area contributed by atoms with Crippen LogP contribution in [-0.4, -0.2) is 20.1 Å². The van der Waals surface area contributed by atoms with E-state index >= 15 is 0 Å². The molecule has 3 aromatic rings. The summed E-state index contributed by atoms with van der Waals surface area (Å²) < 4.78 is 5.22. The Morgan fingerprint density at radius 1 is 1.20 bits per heavy atom. The van der Waals surface area contributed by atoms with Gasteiger partial charge in [-0.15, -0.1) is 0 Å². The average molecular weight is 288 g/mol. The molecule has 0 spiro atoms. The molecule has 0 aliphatic rings. The Morgan fingerprint density at radius 2 is 2.05 bits per heavy atom. The van der Waals surface area contributed by atoms with E-state index in [1.165, 1.54) is 0 Å². The van der Waals surface area contributed by atoms with Crippen LogP contribution in [0.5, 0.6) is 0 Å². The van der Waals surface area contributed by atoms with E-state index in [2.05, 4.69) is 20.1 Å². The zero-order valence-electron chi connectivity index (χ0n) is 10.5. The van der Waals surface area contributed by atoms with Gasteiger partial charge < -0.3 is 10.3 Å². The van der Waals surface area contributed by atoms with Crippen LogP contribution in [0.3, 0.4) is 0 Å². The van der Waals surface area contributed by atoms with Crippen LogP contribution in [0, 0.1) is 6.92 Å². The Balaban J connectivity index is 1.99. The first-order valence-electron chi connectivity index (χ1n) is 5.82. The molecule has 2 N–H and O–H groups in total. The largest absolute Gasteiger partial charge is 0.398 e. The van der Waals surface area contributed by atoms with Gasteiger partial charge in [-0.05, 0) is 31.2 Å². The second kappa shape index (κ2) is 4.90. The molecule has 0 radical (unpaired) electrons. The van der Waals surface area contributed by atoms with Crippen molar-refractivity contribution in [1.82, 2.24) is 20.1 Å². The van der Waals surface area contributed by atoms with Crippen molar-refractivity contribution in [2.24, 2.45) is 0 Å². The fourth-order valence-corrected chi connectivity index (χ4v) is 1.87. The Bertz CT molecular complexity index is 771. The Morgan fingerprint density at radius 3 is 2.80 bits per heavy atom. The van der Waals surface area contributed by atoms with Crippen molar-refractivity contribution in [2.45, 2.75) is 6.92 Å². The minimum absolute atomic E-state index is 0.359. The fourth-order valence-electron chi connectivity index (χ4n) is 1.69. The van der Waals surface area contributed by atoms with E-state index in [-0.39, 0.29) is 0 Å². The maximum atomic E-state index is 5.97. The van der Waals surface area contributed by atoms with Crippen LogP contribution in [-0.2, 0) is 0 Å². The van der Waals surface area contributed by atoms with Gasteiger partial charge in [-0.2, -0.15) is 4.98 Å². The summed E-state index contributed by atoms with van der Waals surface area (Å²) in [4.78, 5) is 12.6. The third-order valence-electron chi connectivity index (χ3n) is 2.68. The van der Waals surface area contributed by atoms with Crippen LogP contribution < -0.4 is 5.73 Å². The Hall–Kier alpha value is -2.47. The maximum absolute atomic E-state index is 5.97. The van der Waals surface area contributed by atoms with Crippen molar-refractivity contribution in [3.8, 4) is 23.0 Å². The molecule has 0 bridgehead atoms. The number of benzene rings is 1. The lowest BCUT2D eigenvalue weighted by molar-refractivity contribution is 0.432. The molecule has 1 aromatic carbocycles. The van der Waals surface area contributed by atoms with Crippen LogP contribution in [0.15, 0.2) is 35.0 Å². The number of hydrogen-bond donors (Lipinski definition) is 1. The second-order valence-corrected chi connectivity index (χ2v) is 4.56. The standard InChI is InChI=1S/C13H10ClN5O/c1-7-16-5-4-11(17-7)12-18-13(20-19-12)8-2-3-10(15)9(14)6-8/h2-6H,15H2,1H3.